The molecule has 44 heavy (non-hydrogen) atoms. The molecule has 230 valence electrons. The summed E-state index contributed by atoms with van der Waals surface area (Å²) in [7, 11) is 0. The van der Waals surface area contributed by atoms with E-state index in [0.29, 0.717) is 24.2 Å². The van der Waals surface area contributed by atoms with Crippen LogP contribution in [0.1, 0.15) is 59.6 Å². The minimum atomic E-state index is -0.348. The van der Waals surface area contributed by atoms with Crippen LogP contribution in [0.3, 0.4) is 0 Å². The van der Waals surface area contributed by atoms with E-state index in [1.165, 1.54) is 16.7 Å². The van der Waals surface area contributed by atoms with Crippen molar-refractivity contribution < 1.29 is 23.8 Å². The number of nitrogens with zero attached hydrogens (tertiary/aromatic N) is 1. The molecule has 2 saturated heterocycles. The molecule has 0 radical (unpaired) electrons. The van der Waals surface area contributed by atoms with Gasteiger partial charge in [-0.25, -0.2) is 0 Å². The Hall–Kier alpha value is -3.75. The predicted octanol–water partition coefficient (Wildman–Crippen LogP) is 7.14. The van der Waals surface area contributed by atoms with Gasteiger partial charge in [-0.1, -0.05) is 42.5 Å². The largest absolute Gasteiger partial charge is 0.492 e. The summed E-state index contributed by atoms with van der Waals surface area (Å²) < 4.78 is 19.5. The third-order valence-corrected chi connectivity index (χ3v) is 9.90. The normalized spacial score (nSPS) is 22.5. The van der Waals surface area contributed by atoms with E-state index in [0.717, 1.165) is 84.5 Å². The van der Waals surface area contributed by atoms with Gasteiger partial charge in [0.05, 0.1) is 4.91 Å². The standard InChI is InChI=1S/C36H40N2O5S/c1-23-24(2)33-30(25(3)32(23)42-20-27-9-6-5-7-10-27)16-17-36(4,43-33)22-38-18-8-11-28(38)21-41-29-14-12-26(13-15-29)19-31-34(39)37-35(40)44-31/h5-7,9-10,12-15,19,28H,8,11,16-18,20-22H2,1-4H3,(H,37,39,40)/t28-,36+/m1/s1. The van der Waals surface area contributed by atoms with E-state index < -0.39 is 0 Å². The predicted molar refractivity (Wildman–Crippen MR) is 174 cm³/mol. The smallest absolute Gasteiger partial charge is 0.290 e. The van der Waals surface area contributed by atoms with Gasteiger partial charge in [0.1, 0.15) is 36.1 Å². The van der Waals surface area contributed by atoms with Crippen molar-refractivity contribution in [3.8, 4) is 17.2 Å². The molecule has 8 heteroatoms. The molecule has 3 aromatic rings. The van der Waals surface area contributed by atoms with Gasteiger partial charge in [0, 0.05) is 18.2 Å². The van der Waals surface area contributed by atoms with E-state index in [-0.39, 0.29) is 16.7 Å². The maximum Gasteiger partial charge on any atom is 0.290 e. The monoisotopic (exact) mass is 612 g/mol. The molecule has 2 fully saturated rings. The zero-order valence-electron chi connectivity index (χ0n) is 25.9. The highest BCUT2D eigenvalue weighted by atomic mass is 32.2. The van der Waals surface area contributed by atoms with Crippen molar-refractivity contribution in [2.24, 2.45) is 0 Å². The van der Waals surface area contributed by atoms with Crippen molar-refractivity contribution in [3.05, 3.63) is 92.9 Å². The number of hydrogen-bond acceptors (Lipinski definition) is 7. The summed E-state index contributed by atoms with van der Waals surface area (Å²) in [5.74, 6) is 2.45. The number of thioether (sulfide) groups is 1. The topological polar surface area (TPSA) is 77.1 Å². The summed E-state index contributed by atoms with van der Waals surface area (Å²) in [4.78, 5) is 26.2. The number of hydrogen-bond donors (Lipinski definition) is 1. The van der Waals surface area contributed by atoms with E-state index >= 15 is 0 Å². The summed E-state index contributed by atoms with van der Waals surface area (Å²) in [6.07, 6.45) is 5.87. The second-order valence-corrected chi connectivity index (χ2v) is 13.4. The van der Waals surface area contributed by atoms with Crippen molar-refractivity contribution in [3.63, 3.8) is 0 Å². The lowest BCUT2D eigenvalue weighted by Crippen LogP contribution is -2.50. The van der Waals surface area contributed by atoms with E-state index in [2.05, 4.69) is 50.0 Å². The van der Waals surface area contributed by atoms with Gasteiger partial charge in [-0.05, 0) is 118 Å². The molecule has 1 N–H and O–H groups in total. The van der Waals surface area contributed by atoms with Crippen LogP contribution in [0.2, 0.25) is 0 Å². The Morgan fingerprint density at radius 2 is 1.80 bits per heavy atom. The van der Waals surface area contributed by atoms with Crippen LogP contribution in [-0.4, -0.2) is 47.4 Å². The van der Waals surface area contributed by atoms with Gasteiger partial charge >= 0.3 is 0 Å². The summed E-state index contributed by atoms with van der Waals surface area (Å²) in [5, 5.41) is 1.95. The van der Waals surface area contributed by atoms with Gasteiger partial charge in [0.2, 0.25) is 0 Å². The number of amides is 2. The Labute approximate surface area is 264 Å². The first kappa shape index (κ1) is 30.3. The Morgan fingerprint density at radius 1 is 1.02 bits per heavy atom. The van der Waals surface area contributed by atoms with Gasteiger partial charge in [0.15, 0.2) is 0 Å². The molecule has 2 amide bonds. The maximum absolute atomic E-state index is 11.8. The molecule has 0 aliphatic carbocycles. The molecule has 3 aliphatic heterocycles. The first-order chi connectivity index (χ1) is 21.2. The molecule has 3 aromatic carbocycles. The van der Waals surface area contributed by atoms with Gasteiger partial charge in [0.25, 0.3) is 11.1 Å². The van der Waals surface area contributed by atoms with Crippen LogP contribution in [0, 0.1) is 20.8 Å². The average molecular weight is 613 g/mol. The van der Waals surface area contributed by atoms with Crippen LogP contribution in [0.4, 0.5) is 4.79 Å². The van der Waals surface area contributed by atoms with Crippen molar-refractivity contribution in [2.75, 3.05) is 19.7 Å². The Morgan fingerprint density at radius 3 is 2.52 bits per heavy atom. The molecule has 0 bridgehead atoms. The zero-order valence-corrected chi connectivity index (χ0v) is 26.7. The van der Waals surface area contributed by atoms with Crippen molar-refractivity contribution >= 4 is 29.0 Å². The third kappa shape index (κ3) is 6.52. The van der Waals surface area contributed by atoms with Gasteiger partial charge in [-0.3, -0.25) is 19.8 Å². The highest BCUT2D eigenvalue weighted by molar-refractivity contribution is 8.18. The number of carbonyl (C=O) groups is 2. The fourth-order valence-electron chi connectivity index (χ4n) is 6.49. The second kappa shape index (κ2) is 12.7. The molecular formula is C36H40N2O5S. The fourth-order valence-corrected chi connectivity index (χ4v) is 7.17. The number of imide groups is 1. The van der Waals surface area contributed by atoms with Crippen molar-refractivity contribution in [1.29, 1.82) is 0 Å². The van der Waals surface area contributed by atoms with E-state index in [1.54, 1.807) is 6.08 Å². The Bertz CT molecular complexity index is 1590. The zero-order chi connectivity index (χ0) is 30.8. The van der Waals surface area contributed by atoms with Crippen LogP contribution in [0.5, 0.6) is 17.2 Å². The number of rotatable bonds is 9. The molecule has 0 aromatic heterocycles. The summed E-state index contributed by atoms with van der Waals surface area (Å²) in [6.45, 7) is 11.8. The molecule has 0 spiro atoms. The number of nitrogens with one attached hydrogen (secondary N) is 1. The summed E-state index contributed by atoms with van der Waals surface area (Å²) >= 11 is 0.923. The minimum Gasteiger partial charge on any atom is -0.492 e. The quantitative estimate of drug-likeness (QED) is 0.257. The lowest BCUT2D eigenvalue weighted by molar-refractivity contribution is -0.115. The van der Waals surface area contributed by atoms with Crippen molar-refractivity contribution in [1.82, 2.24) is 10.2 Å². The highest BCUT2D eigenvalue weighted by Crippen LogP contribution is 2.44. The van der Waals surface area contributed by atoms with Crippen LogP contribution in [0.25, 0.3) is 6.08 Å². The number of fused-ring (bicyclic) bond motifs is 1. The first-order valence-corrected chi connectivity index (χ1v) is 16.2. The molecule has 7 nitrogen and oxygen atoms in total. The lowest BCUT2D eigenvalue weighted by atomic mass is 9.86. The molecule has 0 saturated carbocycles. The molecule has 6 rings (SSSR count). The molecule has 2 atom stereocenters. The molecular weight excluding hydrogens is 572 g/mol. The Balaban J connectivity index is 1.08. The van der Waals surface area contributed by atoms with Gasteiger partial charge < -0.3 is 14.2 Å². The van der Waals surface area contributed by atoms with E-state index in [9.17, 15) is 9.59 Å². The number of likely N-dealkylation sites (tertiary alicyclic amines) is 1. The lowest BCUT2D eigenvalue weighted by Gasteiger charge is -2.41. The van der Waals surface area contributed by atoms with Crippen LogP contribution >= 0.6 is 11.8 Å². The number of carbonyl (C=O) groups excluding carboxylic acids is 2. The molecule has 3 heterocycles. The molecule has 0 unspecified atom stereocenters. The SMILES string of the molecule is Cc1c(C)c2c(c(C)c1OCc1ccccc1)CC[C@@](C)(CN1CCC[C@@H]1COc1ccc(C=C3SC(=O)NC3=O)cc1)O2. The van der Waals surface area contributed by atoms with E-state index in [4.69, 9.17) is 14.2 Å². The Kier molecular flexibility index (Phi) is 8.74. The van der Waals surface area contributed by atoms with Crippen LogP contribution < -0.4 is 19.5 Å². The maximum atomic E-state index is 11.8. The van der Waals surface area contributed by atoms with Gasteiger partial charge in [-0.15, -0.1) is 0 Å². The number of benzene rings is 3. The average Bonchev–Trinajstić information content (AvgIpc) is 3.59. The van der Waals surface area contributed by atoms with Crippen molar-refractivity contribution in [2.45, 2.75) is 71.6 Å². The third-order valence-electron chi connectivity index (χ3n) is 9.09. The first-order valence-electron chi connectivity index (χ1n) is 15.4. The fraction of sp³-hybridized carbons (Fsp3) is 0.389. The van der Waals surface area contributed by atoms with Crippen LogP contribution in [-0.2, 0) is 17.8 Å². The summed E-state index contributed by atoms with van der Waals surface area (Å²) in [5.41, 5.74) is 6.51. The minimum absolute atomic E-state index is 0.285. The number of ether oxygens (including phenoxy) is 3. The summed E-state index contributed by atoms with van der Waals surface area (Å²) in [6, 6.07) is 18.3. The van der Waals surface area contributed by atoms with E-state index in [1.807, 2.05) is 42.5 Å². The molecule has 3 aliphatic rings. The van der Waals surface area contributed by atoms with Crippen LogP contribution in [0.15, 0.2) is 59.5 Å². The highest BCUT2D eigenvalue weighted by Gasteiger charge is 2.39. The van der Waals surface area contributed by atoms with Gasteiger partial charge in [-0.2, -0.15) is 0 Å². The second-order valence-electron chi connectivity index (χ2n) is 12.3.